The summed E-state index contributed by atoms with van der Waals surface area (Å²) in [5, 5.41) is 12.2. The Morgan fingerprint density at radius 1 is 1.29 bits per heavy atom. The first kappa shape index (κ1) is 13.3. The van der Waals surface area contributed by atoms with Gasteiger partial charge in [0.25, 0.3) is 0 Å². The topological polar surface area (TPSA) is 84.0 Å². The molecule has 0 bridgehead atoms. The van der Waals surface area contributed by atoms with Crippen LogP contribution in [0.25, 0.3) is 0 Å². The zero-order chi connectivity index (χ0) is 14.7. The lowest BCUT2D eigenvalue weighted by Crippen LogP contribution is -2.05. The van der Waals surface area contributed by atoms with Crippen LogP contribution in [-0.4, -0.2) is 11.6 Å². The largest absolute Gasteiger partial charge is 0.476 e. The van der Waals surface area contributed by atoms with Gasteiger partial charge < -0.3 is 15.8 Å². The Labute approximate surface area is 123 Å². The summed E-state index contributed by atoms with van der Waals surface area (Å²) in [4.78, 5) is 4.37. The summed E-state index contributed by atoms with van der Waals surface area (Å²) in [6.45, 7) is 0.662. The average Bonchev–Trinajstić information content (AvgIpc) is 3.32. The summed E-state index contributed by atoms with van der Waals surface area (Å²) < 4.78 is 5.65. The van der Waals surface area contributed by atoms with Gasteiger partial charge in [-0.2, -0.15) is 10.2 Å². The molecule has 1 aliphatic carbocycles. The van der Waals surface area contributed by atoms with E-state index in [0.29, 0.717) is 41.2 Å². The molecule has 21 heavy (non-hydrogen) atoms. The van der Waals surface area contributed by atoms with Gasteiger partial charge in [0.05, 0.1) is 23.5 Å². The van der Waals surface area contributed by atoms with E-state index in [4.69, 9.17) is 15.7 Å². The zero-order valence-electron chi connectivity index (χ0n) is 11.5. The molecular weight excluding hydrogens is 264 g/mol. The molecule has 5 heteroatoms. The third kappa shape index (κ3) is 3.23. The van der Waals surface area contributed by atoms with E-state index in [9.17, 15) is 0 Å². The minimum absolute atomic E-state index is 0.446. The lowest BCUT2D eigenvalue weighted by molar-refractivity contribution is 0.290. The maximum Gasteiger partial charge on any atom is 0.239 e. The van der Waals surface area contributed by atoms with Crippen molar-refractivity contribution in [2.45, 2.75) is 12.8 Å². The van der Waals surface area contributed by atoms with Crippen molar-refractivity contribution in [3.05, 3.63) is 42.0 Å². The van der Waals surface area contributed by atoms with Crippen molar-refractivity contribution in [1.82, 2.24) is 4.98 Å². The molecule has 1 aliphatic rings. The number of nitrogen functional groups attached to an aromatic ring is 1. The van der Waals surface area contributed by atoms with Gasteiger partial charge in [0.2, 0.25) is 5.88 Å². The molecule has 1 fully saturated rings. The Bertz CT molecular complexity index is 689. The summed E-state index contributed by atoms with van der Waals surface area (Å²) >= 11 is 0. The van der Waals surface area contributed by atoms with Crippen LogP contribution in [0.2, 0.25) is 0 Å². The van der Waals surface area contributed by atoms with Crippen molar-refractivity contribution in [3.8, 4) is 11.9 Å². The fourth-order valence-electron chi connectivity index (χ4n) is 1.95. The Kier molecular flexibility index (Phi) is 3.61. The maximum absolute atomic E-state index is 9.09. The van der Waals surface area contributed by atoms with Gasteiger partial charge in [0.1, 0.15) is 11.9 Å². The molecule has 1 saturated carbocycles. The number of para-hydroxylation sites is 1. The molecule has 0 saturated heterocycles. The van der Waals surface area contributed by atoms with Gasteiger partial charge in [-0.3, -0.25) is 0 Å². The smallest absolute Gasteiger partial charge is 0.239 e. The predicted molar refractivity (Wildman–Crippen MR) is 81.3 cm³/mol. The SMILES string of the molecule is N#Cc1ccccc1Nc1ccc(N)c(OCC2CC2)n1. The summed E-state index contributed by atoms with van der Waals surface area (Å²) in [6.07, 6.45) is 2.43. The molecule has 0 amide bonds. The van der Waals surface area contributed by atoms with Gasteiger partial charge in [-0.05, 0) is 43.0 Å². The molecule has 1 aromatic carbocycles. The molecule has 3 N–H and O–H groups in total. The van der Waals surface area contributed by atoms with Crippen molar-refractivity contribution in [2.24, 2.45) is 5.92 Å². The van der Waals surface area contributed by atoms with E-state index >= 15 is 0 Å². The Hall–Kier alpha value is -2.74. The number of aromatic nitrogens is 1. The fourth-order valence-corrected chi connectivity index (χ4v) is 1.95. The molecule has 0 aliphatic heterocycles. The quantitative estimate of drug-likeness (QED) is 0.879. The van der Waals surface area contributed by atoms with Crippen molar-refractivity contribution in [2.75, 3.05) is 17.7 Å². The molecule has 106 valence electrons. The Balaban J connectivity index is 1.78. The number of ether oxygens (including phenoxy) is 1. The number of nitriles is 1. The van der Waals surface area contributed by atoms with Crippen LogP contribution in [0, 0.1) is 17.2 Å². The van der Waals surface area contributed by atoms with Crippen LogP contribution in [-0.2, 0) is 0 Å². The molecule has 0 unspecified atom stereocenters. The molecule has 0 atom stereocenters. The first-order valence-electron chi connectivity index (χ1n) is 6.92. The summed E-state index contributed by atoms with van der Waals surface area (Å²) in [5.41, 5.74) is 7.68. The van der Waals surface area contributed by atoms with Gasteiger partial charge in [0, 0.05) is 0 Å². The normalized spacial score (nSPS) is 13.5. The Morgan fingerprint density at radius 2 is 2.10 bits per heavy atom. The molecule has 1 aromatic heterocycles. The number of rotatable bonds is 5. The van der Waals surface area contributed by atoms with Crippen molar-refractivity contribution in [1.29, 1.82) is 5.26 Å². The van der Waals surface area contributed by atoms with Gasteiger partial charge in [-0.1, -0.05) is 12.1 Å². The van der Waals surface area contributed by atoms with Crippen LogP contribution in [0.5, 0.6) is 5.88 Å². The number of nitrogens with two attached hydrogens (primary N) is 1. The molecule has 5 nitrogen and oxygen atoms in total. The second kappa shape index (κ2) is 5.71. The highest BCUT2D eigenvalue weighted by Gasteiger charge is 2.22. The highest BCUT2D eigenvalue weighted by atomic mass is 16.5. The molecular formula is C16H16N4O. The summed E-state index contributed by atoms with van der Waals surface area (Å²) in [7, 11) is 0. The minimum Gasteiger partial charge on any atom is -0.476 e. The van der Waals surface area contributed by atoms with E-state index in [2.05, 4.69) is 16.4 Å². The number of nitrogens with one attached hydrogen (secondary N) is 1. The number of benzene rings is 1. The monoisotopic (exact) mass is 280 g/mol. The standard InChI is InChI=1S/C16H16N4O/c17-9-12-3-1-2-4-14(12)19-15-8-7-13(18)16(20-15)21-10-11-5-6-11/h1-4,7-8,11H,5-6,10,18H2,(H,19,20). The summed E-state index contributed by atoms with van der Waals surface area (Å²) in [6, 6.07) is 13.0. The third-order valence-corrected chi connectivity index (χ3v) is 3.35. The van der Waals surface area contributed by atoms with Crippen LogP contribution in [0.15, 0.2) is 36.4 Å². The van der Waals surface area contributed by atoms with Crippen molar-refractivity contribution < 1.29 is 4.74 Å². The number of hydrogen-bond acceptors (Lipinski definition) is 5. The first-order chi connectivity index (χ1) is 10.3. The number of pyridine rings is 1. The minimum atomic E-state index is 0.446. The van der Waals surface area contributed by atoms with Gasteiger partial charge in [-0.15, -0.1) is 0 Å². The van der Waals surface area contributed by atoms with Crippen LogP contribution in [0.3, 0.4) is 0 Å². The molecule has 0 radical (unpaired) electrons. The van der Waals surface area contributed by atoms with Gasteiger partial charge >= 0.3 is 0 Å². The van der Waals surface area contributed by atoms with E-state index < -0.39 is 0 Å². The van der Waals surface area contributed by atoms with Gasteiger partial charge in [0.15, 0.2) is 0 Å². The predicted octanol–water partition coefficient (Wildman–Crippen LogP) is 3.07. The van der Waals surface area contributed by atoms with Crippen molar-refractivity contribution >= 4 is 17.2 Å². The van der Waals surface area contributed by atoms with E-state index in [1.54, 1.807) is 18.2 Å². The van der Waals surface area contributed by atoms with Crippen LogP contribution >= 0.6 is 0 Å². The molecule has 2 aromatic rings. The highest BCUT2D eigenvalue weighted by molar-refractivity contribution is 5.66. The van der Waals surface area contributed by atoms with E-state index in [0.717, 1.165) is 0 Å². The lowest BCUT2D eigenvalue weighted by atomic mass is 10.2. The second-order valence-corrected chi connectivity index (χ2v) is 5.13. The average molecular weight is 280 g/mol. The van der Waals surface area contributed by atoms with E-state index in [-0.39, 0.29) is 0 Å². The molecule has 1 heterocycles. The number of nitrogens with zero attached hydrogens (tertiary/aromatic N) is 2. The number of anilines is 3. The first-order valence-corrected chi connectivity index (χ1v) is 6.92. The maximum atomic E-state index is 9.09. The molecule has 0 spiro atoms. The van der Waals surface area contributed by atoms with Crippen LogP contribution < -0.4 is 15.8 Å². The van der Waals surface area contributed by atoms with E-state index in [1.165, 1.54) is 12.8 Å². The van der Waals surface area contributed by atoms with E-state index in [1.807, 2.05) is 18.2 Å². The molecule has 3 rings (SSSR count). The highest BCUT2D eigenvalue weighted by Crippen LogP contribution is 2.31. The third-order valence-electron chi connectivity index (χ3n) is 3.35. The summed E-state index contributed by atoms with van der Waals surface area (Å²) in [5.74, 6) is 1.70. The van der Waals surface area contributed by atoms with Crippen LogP contribution in [0.4, 0.5) is 17.2 Å². The Morgan fingerprint density at radius 3 is 2.86 bits per heavy atom. The number of hydrogen-bond donors (Lipinski definition) is 2. The van der Waals surface area contributed by atoms with Gasteiger partial charge in [-0.25, -0.2) is 0 Å². The zero-order valence-corrected chi connectivity index (χ0v) is 11.5. The fraction of sp³-hybridized carbons (Fsp3) is 0.250. The second-order valence-electron chi connectivity index (χ2n) is 5.13. The van der Waals surface area contributed by atoms with Crippen molar-refractivity contribution in [3.63, 3.8) is 0 Å². The van der Waals surface area contributed by atoms with Crippen LogP contribution in [0.1, 0.15) is 18.4 Å². The lowest BCUT2D eigenvalue weighted by Gasteiger charge is -2.11.